The lowest BCUT2D eigenvalue weighted by Gasteiger charge is -2.14. The molecular weight excluding hydrogens is 500 g/mol. The van der Waals surface area contributed by atoms with Crippen molar-refractivity contribution in [3.05, 3.63) is 90.9 Å². The predicted molar refractivity (Wildman–Crippen MR) is 136 cm³/mol. The average molecular weight is 520 g/mol. The molecule has 5 aromatic rings. The van der Waals surface area contributed by atoms with Gasteiger partial charge in [0, 0.05) is 41.2 Å². The van der Waals surface area contributed by atoms with Gasteiger partial charge in [0.1, 0.15) is 28.0 Å². The van der Waals surface area contributed by atoms with Gasteiger partial charge in [-0.25, -0.2) is 27.2 Å². The monoisotopic (exact) mass is 519 g/mol. The molecule has 5 rings (SSSR count). The summed E-state index contributed by atoms with van der Waals surface area (Å²) in [6.45, 7) is 0. The van der Waals surface area contributed by atoms with E-state index in [0.29, 0.717) is 23.0 Å². The average Bonchev–Trinajstić information content (AvgIpc) is 2.88. The Labute approximate surface area is 210 Å². The molecular formula is C26H19F2N5O3S. The minimum absolute atomic E-state index is 0.0208. The number of rotatable bonds is 6. The fourth-order valence-corrected chi connectivity index (χ4v) is 4.99. The van der Waals surface area contributed by atoms with Crippen LogP contribution in [0.15, 0.2) is 84.1 Å². The molecule has 3 N–H and O–H groups in total. The second-order valence-electron chi connectivity index (χ2n) is 8.02. The third kappa shape index (κ3) is 4.76. The predicted octanol–water partition coefficient (Wildman–Crippen LogP) is 5.03. The van der Waals surface area contributed by atoms with Crippen LogP contribution < -0.4 is 15.2 Å². The van der Waals surface area contributed by atoms with Gasteiger partial charge >= 0.3 is 0 Å². The van der Waals surface area contributed by atoms with Crippen molar-refractivity contribution < 1.29 is 21.9 Å². The Bertz CT molecular complexity index is 1750. The van der Waals surface area contributed by atoms with Crippen LogP contribution >= 0.6 is 0 Å². The Morgan fingerprint density at radius 1 is 0.865 bits per heavy atom. The van der Waals surface area contributed by atoms with E-state index in [1.165, 1.54) is 19.4 Å². The molecule has 3 heterocycles. The number of benzene rings is 2. The molecule has 37 heavy (non-hydrogen) atoms. The summed E-state index contributed by atoms with van der Waals surface area (Å²) in [5, 5.41) is 0.780. The number of hydrogen-bond acceptors (Lipinski definition) is 7. The highest BCUT2D eigenvalue weighted by Gasteiger charge is 2.22. The topological polar surface area (TPSA) is 120 Å². The summed E-state index contributed by atoms with van der Waals surface area (Å²) in [6.07, 6.45) is 4.83. The first-order chi connectivity index (χ1) is 17.7. The van der Waals surface area contributed by atoms with E-state index in [4.69, 9.17) is 10.5 Å². The summed E-state index contributed by atoms with van der Waals surface area (Å²) in [7, 11) is -3.10. The van der Waals surface area contributed by atoms with E-state index in [2.05, 4.69) is 19.7 Å². The Balaban J connectivity index is 1.60. The maximum absolute atomic E-state index is 14.2. The smallest absolute Gasteiger partial charge is 0.264 e. The van der Waals surface area contributed by atoms with Crippen LogP contribution in [0.5, 0.6) is 5.88 Å². The maximum atomic E-state index is 14.2. The summed E-state index contributed by atoms with van der Waals surface area (Å²) in [6, 6.07) is 14.8. The van der Waals surface area contributed by atoms with Crippen molar-refractivity contribution in [1.29, 1.82) is 0 Å². The van der Waals surface area contributed by atoms with E-state index in [1.807, 2.05) is 24.3 Å². The molecule has 0 fully saturated rings. The minimum Gasteiger partial charge on any atom is -0.480 e. The number of nitrogens with zero attached hydrogens (tertiary/aromatic N) is 3. The van der Waals surface area contributed by atoms with Gasteiger partial charge in [-0.05, 0) is 59.7 Å². The Morgan fingerprint density at radius 2 is 1.65 bits per heavy atom. The number of anilines is 2. The highest BCUT2D eigenvalue weighted by molar-refractivity contribution is 7.92. The van der Waals surface area contributed by atoms with E-state index < -0.39 is 26.6 Å². The Hall–Kier alpha value is -4.64. The third-order valence-corrected chi connectivity index (χ3v) is 7.04. The van der Waals surface area contributed by atoms with Crippen molar-refractivity contribution in [3.8, 4) is 28.1 Å². The first-order valence-electron chi connectivity index (χ1n) is 10.9. The summed E-state index contributed by atoms with van der Waals surface area (Å²) in [4.78, 5) is 12.1. The molecule has 0 unspecified atom stereocenters. The molecule has 0 aliphatic rings. The van der Waals surface area contributed by atoms with Crippen LogP contribution in [-0.4, -0.2) is 30.5 Å². The number of nitrogens with two attached hydrogens (primary N) is 1. The molecule has 8 nitrogen and oxygen atoms in total. The standard InChI is InChI=1S/C26H19F2N5O3S/c1-36-26-23(33-37(34,35)24-6-4-18(27)12-21(24)28)11-17(14-32-26)19-8-9-30-22-5-2-15(10-20(19)22)16-3-7-25(29)31-13-16/h2-14,33H,1H3,(H2,29,31). The number of sulfonamides is 1. The first kappa shape index (κ1) is 24.1. The summed E-state index contributed by atoms with van der Waals surface area (Å²) >= 11 is 0. The van der Waals surface area contributed by atoms with Crippen molar-refractivity contribution in [1.82, 2.24) is 15.0 Å². The largest absolute Gasteiger partial charge is 0.480 e. The second kappa shape index (κ2) is 9.43. The van der Waals surface area contributed by atoms with Gasteiger partial charge in [-0.2, -0.15) is 0 Å². The Kier molecular flexibility index (Phi) is 6.14. The van der Waals surface area contributed by atoms with Crippen molar-refractivity contribution in [2.24, 2.45) is 0 Å². The van der Waals surface area contributed by atoms with Gasteiger partial charge in [0.2, 0.25) is 5.88 Å². The molecule has 0 bridgehead atoms. The molecule has 186 valence electrons. The zero-order valence-electron chi connectivity index (χ0n) is 19.3. The number of halogens is 2. The number of ether oxygens (including phenoxy) is 1. The molecule has 0 aliphatic carbocycles. The molecule has 0 saturated carbocycles. The van der Waals surface area contributed by atoms with Crippen molar-refractivity contribution >= 4 is 32.4 Å². The lowest BCUT2D eigenvalue weighted by molar-refractivity contribution is 0.400. The third-order valence-electron chi connectivity index (χ3n) is 5.64. The lowest BCUT2D eigenvalue weighted by Crippen LogP contribution is -2.15. The number of aromatic nitrogens is 3. The normalized spacial score (nSPS) is 11.4. The number of hydrogen-bond donors (Lipinski definition) is 2. The molecule has 0 saturated heterocycles. The molecule has 3 aromatic heterocycles. The van der Waals surface area contributed by atoms with Crippen LogP contribution in [0, 0.1) is 11.6 Å². The number of methoxy groups -OCH3 is 1. The summed E-state index contributed by atoms with van der Waals surface area (Å²) in [5.41, 5.74) is 9.40. The highest BCUT2D eigenvalue weighted by atomic mass is 32.2. The van der Waals surface area contributed by atoms with Crippen molar-refractivity contribution in [2.45, 2.75) is 4.90 Å². The van der Waals surface area contributed by atoms with Gasteiger partial charge < -0.3 is 10.5 Å². The zero-order chi connectivity index (χ0) is 26.2. The minimum atomic E-state index is -4.42. The molecule has 0 radical (unpaired) electrons. The maximum Gasteiger partial charge on any atom is 0.264 e. The molecule has 0 amide bonds. The molecule has 0 atom stereocenters. The molecule has 2 aromatic carbocycles. The number of pyridine rings is 3. The highest BCUT2D eigenvalue weighted by Crippen LogP contribution is 2.35. The summed E-state index contributed by atoms with van der Waals surface area (Å²) < 4.78 is 60.9. The fourth-order valence-electron chi connectivity index (χ4n) is 3.88. The number of fused-ring (bicyclic) bond motifs is 1. The lowest BCUT2D eigenvalue weighted by atomic mass is 9.98. The zero-order valence-corrected chi connectivity index (χ0v) is 20.1. The van der Waals surface area contributed by atoms with Gasteiger partial charge in [0.15, 0.2) is 0 Å². The van der Waals surface area contributed by atoms with Gasteiger partial charge in [-0.3, -0.25) is 9.71 Å². The molecule has 0 aliphatic heterocycles. The molecule has 11 heteroatoms. The van der Waals surface area contributed by atoms with E-state index in [0.717, 1.165) is 34.2 Å². The van der Waals surface area contributed by atoms with Crippen LogP contribution in [0.1, 0.15) is 0 Å². The van der Waals surface area contributed by atoms with E-state index in [9.17, 15) is 17.2 Å². The Morgan fingerprint density at radius 3 is 2.38 bits per heavy atom. The summed E-state index contributed by atoms with van der Waals surface area (Å²) in [5.74, 6) is -1.73. The van der Waals surface area contributed by atoms with Crippen LogP contribution in [0.25, 0.3) is 33.2 Å². The van der Waals surface area contributed by atoms with Crippen LogP contribution in [0.3, 0.4) is 0 Å². The number of nitrogen functional groups attached to an aromatic ring is 1. The van der Waals surface area contributed by atoms with E-state index >= 15 is 0 Å². The van der Waals surface area contributed by atoms with Crippen LogP contribution in [0.2, 0.25) is 0 Å². The van der Waals surface area contributed by atoms with E-state index in [-0.39, 0.29) is 11.6 Å². The van der Waals surface area contributed by atoms with Crippen LogP contribution in [0.4, 0.5) is 20.3 Å². The van der Waals surface area contributed by atoms with Crippen molar-refractivity contribution in [3.63, 3.8) is 0 Å². The molecule has 0 spiro atoms. The van der Waals surface area contributed by atoms with Crippen molar-refractivity contribution in [2.75, 3.05) is 17.6 Å². The van der Waals surface area contributed by atoms with Gasteiger partial charge in [0.05, 0.1) is 12.6 Å². The number of nitrogens with one attached hydrogen (secondary N) is 1. The SMILES string of the molecule is COc1ncc(-c2ccnc3ccc(-c4ccc(N)nc4)cc23)cc1NS(=O)(=O)c1ccc(F)cc1F. The quantitative estimate of drug-likeness (QED) is 0.323. The second-order valence-corrected chi connectivity index (χ2v) is 9.67. The van der Waals surface area contributed by atoms with Gasteiger partial charge in [0.25, 0.3) is 10.0 Å². The van der Waals surface area contributed by atoms with E-state index in [1.54, 1.807) is 24.5 Å². The van der Waals surface area contributed by atoms with Gasteiger partial charge in [-0.15, -0.1) is 0 Å². The first-order valence-corrected chi connectivity index (χ1v) is 12.4. The van der Waals surface area contributed by atoms with Gasteiger partial charge in [-0.1, -0.05) is 6.07 Å². The fraction of sp³-hybridized carbons (Fsp3) is 0.0385. The van der Waals surface area contributed by atoms with Crippen LogP contribution in [-0.2, 0) is 10.0 Å².